The Morgan fingerprint density at radius 2 is 2.08 bits per heavy atom. The lowest BCUT2D eigenvalue weighted by molar-refractivity contribution is -0.121. The van der Waals surface area contributed by atoms with Crippen LogP contribution in [0.2, 0.25) is 0 Å². The lowest BCUT2D eigenvalue weighted by Crippen LogP contribution is -2.37. The van der Waals surface area contributed by atoms with Crippen molar-refractivity contribution < 1.29 is 18.3 Å². The molecule has 0 radical (unpaired) electrons. The van der Waals surface area contributed by atoms with Crippen molar-refractivity contribution in [1.82, 2.24) is 16.0 Å². The van der Waals surface area contributed by atoms with Crippen LogP contribution >= 0.6 is 0 Å². The van der Waals surface area contributed by atoms with Crippen molar-refractivity contribution in [3.8, 4) is 5.75 Å². The minimum absolute atomic E-state index is 0.0744. The first-order valence-corrected chi connectivity index (χ1v) is 8.35. The molecular weight excluding hydrogens is 330 g/mol. The van der Waals surface area contributed by atoms with E-state index in [4.69, 9.17) is 0 Å². The van der Waals surface area contributed by atoms with Gasteiger partial charge in [0.2, 0.25) is 5.91 Å². The van der Waals surface area contributed by atoms with Gasteiger partial charge in [0.15, 0.2) is 5.96 Å². The van der Waals surface area contributed by atoms with Crippen LogP contribution in [0.1, 0.15) is 31.2 Å². The highest BCUT2D eigenvalue weighted by Crippen LogP contribution is 2.20. The third-order valence-corrected chi connectivity index (χ3v) is 3.67. The van der Waals surface area contributed by atoms with E-state index >= 15 is 0 Å². The number of hydrogen-bond acceptors (Lipinski definition) is 3. The van der Waals surface area contributed by atoms with E-state index in [1.54, 1.807) is 25.2 Å². The van der Waals surface area contributed by atoms with Crippen molar-refractivity contribution in [2.75, 3.05) is 13.6 Å². The van der Waals surface area contributed by atoms with E-state index in [1.165, 1.54) is 6.07 Å². The summed E-state index contributed by atoms with van der Waals surface area (Å²) in [5.41, 5.74) is 0.606. The largest absolute Gasteiger partial charge is 0.434 e. The molecule has 0 aliphatic heterocycles. The molecule has 6 nitrogen and oxygen atoms in total. The Labute approximate surface area is 146 Å². The van der Waals surface area contributed by atoms with Gasteiger partial charge in [0, 0.05) is 38.2 Å². The Morgan fingerprint density at radius 1 is 1.32 bits per heavy atom. The van der Waals surface area contributed by atoms with Crippen LogP contribution < -0.4 is 20.7 Å². The summed E-state index contributed by atoms with van der Waals surface area (Å²) in [5, 5.41) is 9.07. The van der Waals surface area contributed by atoms with Crippen LogP contribution in [0, 0.1) is 0 Å². The van der Waals surface area contributed by atoms with Crippen LogP contribution in [0.25, 0.3) is 0 Å². The van der Waals surface area contributed by atoms with E-state index < -0.39 is 6.61 Å². The van der Waals surface area contributed by atoms with Crippen LogP contribution in [-0.4, -0.2) is 38.1 Å². The normalized spacial score (nSPS) is 14.3. The van der Waals surface area contributed by atoms with E-state index in [0.717, 1.165) is 12.8 Å². The maximum atomic E-state index is 12.4. The maximum absolute atomic E-state index is 12.4. The molecule has 3 N–H and O–H groups in total. The molecule has 2 rings (SSSR count). The molecule has 0 heterocycles. The molecule has 0 saturated heterocycles. The fourth-order valence-corrected chi connectivity index (χ4v) is 2.24. The predicted molar refractivity (Wildman–Crippen MR) is 91.7 cm³/mol. The smallest absolute Gasteiger partial charge is 0.387 e. The zero-order valence-corrected chi connectivity index (χ0v) is 14.2. The Balaban J connectivity index is 1.70. The molecule has 8 heteroatoms. The molecule has 0 atom stereocenters. The van der Waals surface area contributed by atoms with E-state index in [-0.39, 0.29) is 11.7 Å². The van der Waals surface area contributed by atoms with Gasteiger partial charge in [0.05, 0.1) is 0 Å². The molecule has 0 bridgehead atoms. The minimum Gasteiger partial charge on any atom is -0.434 e. The Hall–Kier alpha value is -2.38. The summed E-state index contributed by atoms with van der Waals surface area (Å²) < 4.78 is 29.3. The number of nitrogens with zero attached hydrogens (tertiary/aromatic N) is 1. The van der Waals surface area contributed by atoms with Crippen molar-refractivity contribution in [1.29, 1.82) is 0 Å². The average Bonchev–Trinajstić information content (AvgIpc) is 3.39. The molecule has 1 aliphatic carbocycles. The highest BCUT2D eigenvalue weighted by Gasteiger charge is 2.22. The molecule has 1 saturated carbocycles. The third-order valence-electron chi connectivity index (χ3n) is 3.67. The number of guanidine groups is 1. The number of hydrogen-bond donors (Lipinski definition) is 3. The summed E-state index contributed by atoms with van der Waals surface area (Å²) in [5.74, 6) is 0.747. The van der Waals surface area contributed by atoms with Gasteiger partial charge in [-0.1, -0.05) is 18.2 Å². The van der Waals surface area contributed by atoms with Crippen LogP contribution in [0.15, 0.2) is 29.3 Å². The Bertz CT molecular complexity index is 592. The van der Waals surface area contributed by atoms with Crippen LogP contribution in [0.3, 0.4) is 0 Å². The number of alkyl halides is 2. The molecule has 0 spiro atoms. The highest BCUT2D eigenvalue weighted by molar-refractivity contribution is 5.80. The van der Waals surface area contributed by atoms with Gasteiger partial charge >= 0.3 is 6.61 Å². The van der Waals surface area contributed by atoms with Gasteiger partial charge < -0.3 is 20.7 Å². The van der Waals surface area contributed by atoms with E-state index in [2.05, 4.69) is 25.7 Å². The maximum Gasteiger partial charge on any atom is 0.387 e. The second kappa shape index (κ2) is 9.80. The number of benzene rings is 1. The van der Waals surface area contributed by atoms with Crippen molar-refractivity contribution in [2.24, 2.45) is 4.99 Å². The highest BCUT2D eigenvalue weighted by atomic mass is 19.3. The van der Waals surface area contributed by atoms with Gasteiger partial charge in [-0.15, -0.1) is 0 Å². The first-order chi connectivity index (χ1) is 12.1. The SMILES string of the molecule is CN=C(NCCCC(=O)NC1CC1)NCc1ccccc1OC(F)F. The fourth-order valence-electron chi connectivity index (χ4n) is 2.24. The number of aliphatic imine (C=N–C) groups is 1. The van der Waals surface area contributed by atoms with Crippen LogP contribution in [-0.2, 0) is 11.3 Å². The number of rotatable bonds is 9. The number of carbonyl (C=O) groups excluding carboxylic acids is 1. The molecule has 1 aromatic rings. The van der Waals surface area contributed by atoms with Gasteiger partial charge in [-0.2, -0.15) is 8.78 Å². The number of ether oxygens (including phenoxy) is 1. The van der Waals surface area contributed by atoms with Crippen LogP contribution in [0.4, 0.5) is 8.78 Å². The predicted octanol–water partition coefficient (Wildman–Crippen LogP) is 2.01. The van der Waals surface area contributed by atoms with E-state index in [1.807, 2.05) is 0 Å². The second-order valence-electron chi connectivity index (χ2n) is 5.78. The standard InChI is InChI=1S/C17H24F2N4O2/c1-20-17(21-10-4-7-15(24)23-13-8-9-13)22-11-12-5-2-3-6-14(12)25-16(18)19/h2-3,5-6,13,16H,4,7-11H2,1H3,(H,23,24)(H2,20,21,22). The number of carbonyl (C=O) groups is 1. The van der Waals surface area contributed by atoms with E-state index in [0.29, 0.717) is 43.5 Å². The summed E-state index contributed by atoms with van der Waals surface area (Å²) in [7, 11) is 1.62. The molecule has 1 aromatic carbocycles. The van der Waals surface area contributed by atoms with Gasteiger partial charge in [0.25, 0.3) is 0 Å². The van der Waals surface area contributed by atoms with Crippen molar-refractivity contribution in [3.63, 3.8) is 0 Å². The minimum atomic E-state index is -2.86. The monoisotopic (exact) mass is 354 g/mol. The number of para-hydroxylation sites is 1. The Morgan fingerprint density at radius 3 is 2.76 bits per heavy atom. The summed E-state index contributed by atoms with van der Waals surface area (Å²) in [6.07, 6.45) is 3.31. The number of halogens is 2. The summed E-state index contributed by atoms with van der Waals surface area (Å²) in [6, 6.07) is 6.98. The third kappa shape index (κ3) is 7.36. The molecule has 0 aromatic heterocycles. The number of nitrogens with one attached hydrogen (secondary N) is 3. The average molecular weight is 354 g/mol. The van der Waals surface area contributed by atoms with Gasteiger partial charge in [-0.25, -0.2) is 0 Å². The molecule has 138 valence electrons. The van der Waals surface area contributed by atoms with Gasteiger partial charge in [0.1, 0.15) is 5.75 Å². The molecule has 1 aliphatic rings. The summed E-state index contributed by atoms with van der Waals surface area (Å²) in [4.78, 5) is 15.7. The van der Waals surface area contributed by atoms with Crippen molar-refractivity contribution in [3.05, 3.63) is 29.8 Å². The quantitative estimate of drug-likeness (QED) is 0.360. The van der Waals surface area contributed by atoms with Gasteiger partial charge in [-0.05, 0) is 25.3 Å². The summed E-state index contributed by atoms with van der Waals surface area (Å²) in [6.45, 7) is -1.97. The molecule has 1 fully saturated rings. The zero-order chi connectivity index (χ0) is 18.1. The molecule has 1 amide bonds. The van der Waals surface area contributed by atoms with E-state index in [9.17, 15) is 13.6 Å². The first kappa shape index (κ1) is 19.0. The summed E-state index contributed by atoms with van der Waals surface area (Å²) >= 11 is 0. The Kier molecular flexibility index (Phi) is 7.43. The second-order valence-corrected chi connectivity index (χ2v) is 5.78. The lowest BCUT2D eigenvalue weighted by Gasteiger charge is -2.14. The molecule has 25 heavy (non-hydrogen) atoms. The first-order valence-electron chi connectivity index (χ1n) is 8.35. The van der Waals surface area contributed by atoms with Crippen molar-refractivity contribution >= 4 is 11.9 Å². The molecule has 0 unspecified atom stereocenters. The topological polar surface area (TPSA) is 74.8 Å². The number of amides is 1. The lowest BCUT2D eigenvalue weighted by atomic mass is 10.2. The van der Waals surface area contributed by atoms with Gasteiger partial charge in [-0.3, -0.25) is 9.79 Å². The van der Waals surface area contributed by atoms with Crippen molar-refractivity contribution in [2.45, 2.75) is 44.9 Å². The van der Waals surface area contributed by atoms with Crippen LogP contribution in [0.5, 0.6) is 5.75 Å². The zero-order valence-electron chi connectivity index (χ0n) is 14.2. The fraction of sp³-hybridized carbons (Fsp3) is 0.529. The molecular formula is C17H24F2N4O2.